The van der Waals surface area contributed by atoms with E-state index in [2.05, 4.69) is 10.6 Å². The summed E-state index contributed by atoms with van der Waals surface area (Å²) < 4.78 is 10.1. The van der Waals surface area contributed by atoms with Crippen molar-refractivity contribution < 1.29 is 14.3 Å². The van der Waals surface area contributed by atoms with Gasteiger partial charge in [0.05, 0.1) is 19.3 Å². The van der Waals surface area contributed by atoms with Crippen molar-refractivity contribution in [2.45, 2.75) is 19.4 Å². The molecule has 1 aliphatic heterocycles. The monoisotopic (exact) mass is 250 g/mol. The Morgan fingerprint density at radius 2 is 2.11 bits per heavy atom. The van der Waals surface area contributed by atoms with Crippen LogP contribution in [0.15, 0.2) is 24.3 Å². The van der Waals surface area contributed by atoms with E-state index in [0.29, 0.717) is 12.6 Å². The van der Waals surface area contributed by atoms with Gasteiger partial charge in [-0.15, -0.1) is 0 Å². The molecule has 0 spiro atoms. The highest BCUT2D eigenvalue weighted by molar-refractivity contribution is 5.84. The highest BCUT2D eigenvalue weighted by Crippen LogP contribution is 2.17. The van der Waals surface area contributed by atoms with Gasteiger partial charge < -0.3 is 14.8 Å². The van der Waals surface area contributed by atoms with E-state index in [1.165, 1.54) is 0 Å². The molecule has 18 heavy (non-hydrogen) atoms. The van der Waals surface area contributed by atoms with Crippen molar-refractivity contribution in [3.8, 4) is 0 Å². The van der Waals surface area contributed by atoms with Crippen LogP contribution >= 0.6 is 0 Å². The minimum Gasteiger partial charge on any atom is -0.450 e. The van der Waals surface area contributed by atoms with E-state index in [-0.39, 0.29) is 0 Å². The van der Waals surface area contributed by atoms with Crippen molar-refractivity contribution in [1.82, 2.24) is 0 Å². The van der Waals surface area contributed by atoms with Crippen molar-refractivity contribution in [2.24, 2.45) is 0 Å². The number of hydrogen-bond donors (Lipinski definition) is 2. The lowest BCUT2D eigenvalue weighted by Gasteiger charge is -2.12. The van der Waals surface area contributed by atoms with E-state index in [4.69, 9.17) is 9.47 Å². The molecule has 5 heteroatoms. The summed E-state index contributed by atoms with van der Waals surface area (Å²) in [5, 5.41) is 6.03. The molecule has 0 radical (unpaired) electrons. The summed E-state index contributed by atoms with van der Waals surface area (Å²) in [5.41, 5.74) is 1.75. The fourth-order valence-corrected chi connectivity index (χ4v) is 1.82. The number of amides is 1. The van der Waals surface area contributed by atoms with E-state index in [1.807, 2.05) is 24.3 Å². The van der Waals surface area contributed by atoms with Crippen molar-refractivity contribution in [3.63, 3.8) is 0 Å². The number of anilines is 2. The zero-order chi connectivity index (χ0) is 12.8. The van der Waals surface area contributed by atoms with Crippen LogP contribution in [-0.4, -0.2) is 32.0 Å². The lowest BCUT2D eigenvalue weighted by molar-refractivity contribution is 0.168. The van der Waals surface area contributed by atoms with Crippen LogP contribution in [0.4, 0.5) is 16.2 Å². The molecule has 1 saturated heterocycles. The molecular weight excluding hydrogens is 232 g/mol. The minimum absolute atomic E-state index is 0.368. The van der Waals surface area contributed by atoms with Gasteiger partial charge >= 0.3 is 6.09 Å². The molecule has 1 aliphatic rings. The molecule has 0 bridgehead atoms. The normalized spacial score (nSPS) is 18.4. The molecule has 1 fully saturated rings. The smallest absolute Gasteiger partial charge is 0.411 e. The molecule has 2 rings (SSSR count). The number of carbonyl (C=O) groups excluding carboxylic acids is 1. The summed E-state index contributed by atoms with van der Waals surface area (Å²) >= 11 is 0. The van der Waals surface area contributed by atoms with Crippen LogP contribution in [0.2, 0.25) is 0 Å². The third-order valence-electron chi connectivity index (χ3n) is 2.71. The third-order valence-corrected chi connectivity index (χ3v) is 2.71. The molecule has 1 unspecified atom stereocenters. The summed E-state index contributed by atoms with van der Waals surface area (Å²) in [6, 6.07) is 7.93. The molecule has 1 atom stereocenters. The van der Waals surface area contributed by atoms with Gasteiger partial charge in [-0.05, 0) is 37.6 Å². The van der Waals surface area contributed by atoms with Crippen LogP contribution in [0, 0.1) is 0 Å². The second-order valence-corrected chi connectivity index (χ2v) is 4.13. The maximum Gasteiger partial charge on any atom is 0.411 e. The SMILES string of the molecule is CCOC(=O)Nc1ccc(NC2CCOC2)cc1. The number of benzene rings is 1. The molecule has 98 valence electrons. The van der Waals surface area contributed by atoms with Crippen molar-refractivity contribution in [2.75, 3.05) is 30.5 Å². The third kappa shape index (κ3) is 3.63. The highest BCUT2D eigenvalue weighted by Gasteiger charge is 2.14. The predicted octanol–water partition coefficient (Wildman–Crippen LogP) is 2.46. The lowest BCUT2D eigenvalue weighted by atomic mass is 10.2. The average molecular weight is 250 g/mol. The van der Waals surface area contributed by atoms with Crippen LogP contribution in [0.25, 0.3) is 0 Å². The van der Waals surface area contributed by atoms with Crippen LogP contribution in [0.3, 0.4) is 0 Å². The Morgan fingerprint density at radius 3 is 2.72 bits per heavy atom. The lowest BCUT2D eigenvalue weighted by Crippen LogP contribution is -2.18. The highest BCUT2D eigenvalue weighted by atomic mass is 16.5. The largest absolute Gasteiger partial charge is 0.450 e. The fraction of sp³-hybridized carbons (Fsp3) is 0.462. The van der Waals surface area contributed by atoms with Gasteiger partial charge in [0.15, 0.2) is 0 Å². The quantitative estimate of drug-likeness (QED) is 0.861. The average Bonchev–Trinajstić information content (AvgIpc) is 2.85. The van der Waals surface area contributed by atoms with E-state index in [0.717, 1.165) is 31.0 Å². The standard InChI is InChI=1S/C13H18N2O3/c1-2-18-13(16)15-11-5-3-10(4-6-11)14-12-7-8-17-9-12/h3-6,12,14H,2,7-9H2,1H3,(H,15,16). The maximum atomic E-state index is 11.2. The fourth-order valence-electron chi connectivity index (χ4n) is 1.82. The first-order chi connectivity index (χ1) is 8.78. The topological polar surface area (TPSA) is 59.6 Å². The Balaban J connectivity index is 1.86. The molecular formula is C13H18N2O3. The number of nitrogens with one attached hydrogen (secondary N) is 2. The maximum absolute atomic E-state index is 11.2. The Morgan fingerprint density at radius 1 is 1.39 bits per heavy atom. The summed E-state index contributed by atoms with van der Waals surface area (Å²) in [7, 11) is 0. The van der Waals surface area contributed by atoms with Crippen molar-refractivity contribution in [1.29, 1.82) is 0 Å². The van der Waals surface area contributed by atoms with Crippen molar-refractivity contribution in [3.05, 3.63) is 24.3 Å². The first kappa shape index (κ1) is 12.7. The van der Waals surface area contributed by atoms with Gasteiger partial charge in [0.25, 0.3) is 0 Å². The molecule has 0 aliphatic carbocycles. The molecule has 5 nitrogen and oxygen atoms in total. The van der Waals surface area contributed by atoms with E-state index in [1.54, 1.807) is 6.92 Å². The van der Waals surface area contributed by atoms with Crippen LogP contribution in [0.1, 0.15) is 13.3 Å². The Hall–Kier alpha value is -1.75. The zero-order valence-electron chi connectivity index (χ0n) is 10.4. The number of carbonyl (C=O) groups is 1. The summed E-state index contributed by atoms with van der Waals surface area (Å²) in [6.07, 6.45) is 0.602. The predicted molar refractivity (Wildman–Crippen MR) is 69.9 cm³/mol. The van der Waals surface area contributed by atoms with Gasteiger partial charge in [-0.3, -0.25) is 5.32 Å². The van der Waals surface area contributed by atoms with Gasteiger partial charge in [0, 0.05) is 18.0 Å². The first-order valence-corrected chi connectivity index (χ1v) is 6.16. The molecule has 0 aromatic heterocycles. The number of rotatable bonds is 4. The van der Waals surface area contributed by atoms with Gasteiger partial charge in [0.2, 0.25) is 0 Å². The molecule has 1 heterocycles. The number of ether oxygens (including phenoxy) is 2. The first-order valence-electron chi connectivity index (χ1n) is 6.16. The van der Waals surface area contributed by atoms with Gasteiger partial charge in [-0.25, -0.2) is 4.79 Å². The molecule has 1 aromatic rings. The molecule has 0 saturated carbocycles. The number of hydrogen-bond acceptors (Lipinski definition) is 4. The Kier molecular flexibility index (Phi) is 4.41. The summed E-state index contributed by atoms with van der Waals surface area (Å²) in [5.74, 6) is 0. The van der Waals surface area contributed by atoms with Crippen molar-refractivity contribution >= 4 is 17.5 Å². The zero-order valence-corrected chi connectivity index (χ0v) is 10.4. The van der Waals surface area contributed by atoms with Crippen LogP contribution in [-0.2, 0) is 9.47 Å². The molecule has 1 aromatic carbocycles. The Bertz CT molecular complexity index is 386. The van der Waals surface area contributed by atoms with Crippen LogP contribution in [0.5, 0.6) is 0 Å². The molecule has 1 amide bonds. The van der Waals surface area contributed by atoms with E-state index >= 15 is 0 Å². The van der Waals surface area contributed by atoms with Gasteiger partial charge in [0.1, 0.15) is 0 Å². The van der Waals surface area contributed by atoms with Gasteiger partial charge in [-0.2, -0.15) is 0 Å². The second-order valence-electron chi connectivity index (χ2n) is 4.13. The van der Waals surface area contributed by atoms with Crippen LogP contribution < -0.4 is 10.6 Å². The Labute approximate surface area is 106 Å². The summed E-state index contributed by atoms with van der Waals surface area (Å²) in [4.78, 5) is 11.2. The summed E-state index contributed by atoms with van der Waals surface area (Å²) in [6.45, 7) is 3.71. The van der Waals surface area contributed by atoms with Gasteiger partial charge in [-0.1, -0.05) is 0 Å². The van der Waals surface area contributed by atoms with E-state index in [9.17, 15) is 4.79 Å². The second kappa shape index (κ2) is 6.26. The minimum atomic E-state index is -0.428. The van der Waals surface area contributed by atoms with E-state index < -0.39 is 6.09 Å². The molecule has 2 N–H and O–H groups in total.